The average molecular weight is 379 g/mol. The Labute approximate surface area is 162 Å². The summed E-state index contributed by atoms with van der Waals surface area (Å²) in [5.74, 6) is 0.620. The number of amides is 1. The number of likely N-dealkylation sites (tertiary alicyclic amines) is 1. The molecule has 0 aliphatic carbocycles. The molecule has 1 amide bonds. The number of tetrazole rings is 1. The number of ether oxygens (including phenoxy) is 1. The number of aromatic hydroxyl groups is 1. The lowest BCUT2D eigenvalue weighted by Gasteiger charge is -2.32. The Morgan fingerprint density at radius 2 is 1.96 bits per heavy atom. The fourth-order valence-electron chi connectivity index (χ4n) is 3.34. The van der Waals surface area contributed by atoms with E-state index < -0.39 is 0 Å². The van der Waals surface area contributed by atoms with Crippen molar-refractivity contribution in [3.8, 4) is 17.2 Å². The molecule has 0 spiro atoms. The third-order valence-electron chi connectivity index (χ3n) is 4.94. The van der Waals surface area contributed by atoms with Crippen molar-refractivity contribution in [1.82, 2.24) is 25.1 Å². The number of hydrogen-bond acceptors (Lipinski definition) is 6. The van der Waals surface area contributed by atoms with Crippen LogP contribution in [-0.4, -0.2) is 55.3 Å². The van der Waals surface area contributed by atoms with Gasteiger partial charge in [-0.25, -0.2) is 4.68 Å². The van der Waals surface area contributed by atoms with Crippen LogP contribution in [0.3, 0.4) is 0 Å². The predicted octanol–water partition coefficient (Wildman–Crippen LogP) is 2.36. The number of phenolic OH excluding ortho intramolecular Hbond substituents is 1. The summed E-state index contributed by atoms with van der Waals surface area (Å²) in [4.78, 5) is 14.6. The van der Waals surface area contributed by atoms with E-state index in [0.717, 1.165) is 24.2 Å². The van der Waals surface area contributed by atoms with Crippen molar-refractivity contribution in [3.05, 3.63) is 59.9 Å². The highest BCUT2D eigenvalue weighted by molar-refractivity contribution is 5.97. The van der Waals surface area contributed by atoms with E-state index in [-0.39, 0.29) is 23.3 Å². The number of carbonyl (C=O) groups excluding carboxylic acids is 1. The van der Waals surface area contributed by atoms with Crippen LogP contribution in [0.15, 0.2) is 48.8 Å². The first-order valence-electron chi connectivity index (χ1n) is 9.20. The van der Waals surface area contributed by atoms with Gasteiger partial charge in [0.25, 0.3) is 5.91 Å². The molecule has 8 nitrogen and oxygen atoms in total. The number of phenols is 1. The standard InChI is InChI=1S/C20H21N5O3/c1-14-4-2-3-5-19(14)28-16-8-10-24(11-9-16)20(27)17-7-6-15(12-18(17)26)25-13-21-22-23-25/h2-7,12-13,16,26H,8-11H2,1H3. The SMILES string of the molecule is Cc1ccccc1OC1CCN(C(=O)c2ccc(-n3cnnn3)cc2O)CC1. The highest BCUT2D eigenvalue weighted by Gasteiger charge is 2.26. The van der Waals surface area contributed by atoms with Crippen LogP contribution in [0.4, 0.5) is 0 Å². The van der Waals surface area contributed by atoms with Crippen molar-refractivity contribution in [2.24, 2.45) is 0 Å². The molecule has 3 aromatic rings. The van der Waals surface area contributed by atoms with Crippen molar-refractivity contribution >= 4 is 5.91 Å². The largest absolute Gasteiger partial charge is 0.507 e. The van der Waals surface area contributed by atoms with Gasteiger partial charge in [-0.05, 0) is 41.1 Å². The zero-order valence-electron chi connectivity index (χ0n) is 15.5. The summed E-state index contributed by atoms with van der Waals surface area (Å²) in [6.45, 7) is 3.20. The maximum atomic E-state index is 12.8. The molecule has 1 aliphatic rings. The van der Waals surface area contributed by atoms with Crippen molar-refractivity contribution in [3.63, 3.8) is 0 Å². The van der Waals surface area contributed by atoms with Crippen molar-refractivity contribution in [2.45, 2.75) is 25.9 Å². The third-order valence-corrected chi connectivity index (χ3v) is 4.94. The van der Waals surface area contributed by atoms with Gasteiger partial charge in [-0.2, -0.15) is 0 Å². The number of nitrogens with zero attached hydrogens (tertiary/aromatic N) is 5. The molecule has 0 radical (unpaired) electrons. The molecule has 28 heavy (non-hydrogen) atoms. The minimum absolute atomic E-state index is 0.0842. The first-order valence-corrected chi connectivity index (χ1v) is 9.20. The Kier molecular flexibility index (Phi) is 4.92. The normalized spacial score (nSPS) is 14.8. The van der Waals surface area contributed by atoms with Crippen LogP contribution in [0, 0.1) is 6.92 Å². The molecule has 0 saturated carbocycles. The monoisotopic (exact) mass is 379 g/mol. The van der Waals surface area contributed by atoms with Gasteiger partial charge >= 0.3 is 0 Å². The second-order valence-electron chi connectivity index (χ2n) is 6.83. The minimum Gasteiger partial charge on any atom is -0.507 e. The van der Waals surface area contributed by atoms with Crippen LogP contribution in [0.25, 0.3) is 5.69 Å². The van der Waals surface area contributed by atoms with Crippen LogP contribution >= 0.6 is 0 Å². The van der Waals surface area contributed by atoms with Crippen molar-refractivity contribution in [2.75, 3.05) is 13.1 Å². The van der Waals surface area contributed by atoms with Gasteiger partial charge in [-0.15, -0.1) is 5.10 Å². The van der Waals surface area contributed by atoms with Gasteiger partial charge in [0.15, 0.2) is 0 Å². The zero-order chi connectivity index (χ0) is 19.5. The van der Waals surface area contributed by atoms with Crippen molar-refractivity contribution < 1.29 is 14.6 Å². The maximum Gasteiger partial charge on any atom is 0.257 e. The molecule has 2 aromatic carbocycles. The van der Waals surface area contributed by atoms with E-state index in [2.05, 4.69) is 15.5 Å². The second-order valence-corrected chi connectivity index (χ2v) is 6.83. The second kappa shape index (κ2) is 7.67. The fourth-order valence-corrected chi connectivity index (χ4v) is 3.34. The number of benzene rings is 2. The predicted molar refractivity (Wildman–Crippen MR) is 102 cm³/mol. The van der Waals surface area contributed by atoms with Gasteiger partial charge in [0, 0.05) is 32.0 Å². The summed E-state index contributed by atoms with van der Waals surface area (Å²) >= 11 is 0. The highest BCUT2D eigenvalue weighted by Crippen LogP contribution is 2.26. The number of carbonyl (C=O) groups is 1. The number of aryl methyl sites for hydroxylation is 1. The Balaban J connectivity index is 1.39. The molecule has 1 fully saturated rings. The number of aromatic nitrogens is 4. The molecule has 2 heterocycles. The third kappa shape index (κ3) is 3.66. The lowest BCUT2D eigenvalue weighted by molar-refractivity contribution is 0.0592. The molecule has 144 valence electrons. The molecule has 1 saturated heterocycles. The summed E-state index contributed by atoms with van der Waals surface area (Å²) in [5, 5.41) is 21.2. The van der Waals surface area contributed by atoms with E-state index in [1.54, 1.807) is 17.0 Å². The fraction of sp³-hybridized carbons (Fsp3) is 0.300. The van der Waals surface area contributed by atoms with E-state index in [9.17, 15) is 9.90 Å². The summed E-state index contributed by atoms with van der Waals surface area (Å²) in [6.07, 6.45) is 3.02. The van der Waals surface area contributed by atoms with Gasteiger partial charge in [-0.3, -0.25) is 4.79 Å². The number of rotatable bonds is 4. The quantitative estimate of drug-likeness (QED) is 0.748. The molecular weight excluding hydrogens is 358 g/mol. The van der Waals surface area contributed by atoms with Gasteiger partial charge < -0.3 is 14.7 Å². The zero-order valence-corrected chi connectivity index (χ0v) is 15.5. The maximum absolute atomic E-state index is 12.8. The first-order chi connectivity index (χ1) is 13.6. The van der Waals surface area contributed by atoms with Gasteiger partial charge in [0.2, 0.25) is 0 Å². The summed E-state index contributed by atoms with van der Waals surface area (Å²) in [7, 11) is 0. The average Bonchev–Trinajstić information content (AvgIpc) is 3.25. The van der Waals surface area contributed by atoms with E-state index in [1.165, 1.54) is 17.1 Å². The molecule has 8 heteroatoms. The Hall–Kier alpha value is -3.42. The van der Waals surface area contributed by atoms with Crippen LogP contribution in [0.1, 0.15) is 28.8 Å². The van der Waals surface area contributed by atoms with Crippen LogP contribution in [-0.2, 0) is 0 Å². The number of para-hydroxylation sites is 1. The summed E-state index contributed by atoms with van der Waals surface area (Å²) in [5.41, 5.74) is 1.97. The van der Waals surface area contributed by atoms with E-state index in [0.29, 0.717) is 18.8 Å². The lowest BCUT2D eigenvalue weighted by atomic mass is 10.1. The summed E-state index contributed by atoms with van der Waals surface area (Å²) in [6, 6.07) is 12.7. The topological polar surface area (TPSA) is 93.4 Å². The molecule has 1 aliphatic heterocycles. The Morgan fingerprint density at radius 3 is 2.64 bits per heavy atom. The molecule has 0 bridgehead atoms. The molecule has 0 unspecified atom stereocenters. The Morgan fingerprint density at radius 1 is 1.18 bits per heavy atom. The number of piperidine rings is 1. The van der Waals surface area contributed by atoms with Crippen LogP contribution in [0.5, 0.6) is 11.5 Å². The molecule has 1 aromatic heterocycles. The minimum atomic E-state index is -0.185. The van der Waals surface area contributed by atoms with E-state index in [1.807, 2.05) is 31.2 Å². The van der Waals surface area contributed by atoms with Gasteiger partial charge in [-0.1, -0.05) is 18.2 Å². The molecule has 1 N–H and O–H groups in total. The summed E-state index contributed by atoms with van der Waals surface area (Å²) < 4.78 is 7.51. The molecule has 4 rings (SSSR count). The van der Waals surface area contributed by atoms with E-state index in [4.69, 9.17) is 4.74 Å². The highest BCUT2D eigenvalue weighted by atomic mass is 16.5. The Bertz CT molecular complexity index is 966. The molecular formula is C20H21N5O3. The van der Waals surface area contributed by atoms with Gasteiger partial charge in [0.1, 0.15) is 23.9 Å². The first kappa shape index (κ1) is 18.0. The van der Waals surface area contributed by atoms with Gasteiger partial charge in [0.05, 0.1) is 11.3 Å². The smallest absolute Gasteiger partial charge is 0.257 e. The van der Waals surface area contributed by atoms with Crippen molar-refractivity contribution in [1.29, 1.82) is 0 Å². The lowest BCUT2D eigenvalue weighted by Crippen LogP contribution is -2.41. The van der Waals surface area contributed by atoms with Crippen LogP contribution in [0.2, 0.25) is 0 Å². The molecule has 0 atom stereocenters. The number of hydrogen-bond donors (Lipinski definition) is 1. The van der Waals surface area contributed by atoms with Crippen LogP contribution < -0.4 is 4.74 Å². The van der Waals surface area contributed by atoms with E-state index >= 15 is 0 Å².